The topological polar surface area (TPSA) is 63.1 Å². The molecule has 4 saturated carbocycles. The second-order valence-corrected chi connectivity index (χ2v) is 9.41. The molecule has 0 radical (unpaired) electrons. The third-order valence-corrected chi connectivity index (χ3v) is 7.49. The molecule has 1 amide bonds. The number of carbonyl (C=O) groups is 1. The predicted octanol–water partition coefficient (Wildman–Crippen LogP) is 2.18. The minimum absolute atomic E-state index is 0.0391. The van der Waals surface area contributed by atoms with Gasteiger partial charge < -0.3 is 10.2 Å². The van der Waals surface area contributed by atoms with Crippen LogP contribution in [0.25, 0.3) is 0 Å². The second kappa shape index (κ2) is 6.32. The molecule has 6 heteroatoms. The van der Waals surface area contributed by atoms with Gasteiger partial charge in [-0.15, -0.1) is 0 Å². The molecule has 2 heterocycles. The van der Waals surface area contributed by atoms with Crippen molar-refractivity contribution in [2.75, 3.05) is 26.2 Å². The van der Waals surface area contributed by atoms with Gasteiger partial charge in [-0.2, -0.15) is 5.10 Å². The van der Waals surface area contributed by atoms with Crippen LogP contribution in [0, 0.1) is 17.3 Å². The van der Waals surface area contributed by atoms with Crippen LogP contribution >= 0.6 is 0 Å². The van der Waals surface area contributed by atoms with Gasteiger partial charge in [0.25, 0.3) is 0 Å². The maximum absolute atomic E-state index is 13.8. The first-order valence-electron chi connectivity index (χ1n) is 10.5. The smallest absolute Gasteiger partial charge is 0.228 e. The Morgan fingerprint density at radius 2 is 1.81 bits per heavy atom. The minimum atomic E-state index is -0.141. The monoisotopic (exact) mass is 357 g/mol. The summed E-state index contributed by atoms with van der Waals surface area (Å²) in [7, 11) is 0. The average molecular weight is 358 g/mol. The average Bonchev–Trinajstić information content (AvgIpc) is 3.19. The van der Waals surface area contributed by atoms with Gasteiger partial charge in [0.05, 0.1) is 11.0 Å². The first-order valence-corrected chi connectivity index (χ1v) is 10.5. The number of hydrogen-bond donors (Lipinski definition) is 1. The van der Waals surface area contributed by atoms with Crippen molar-refractivity contribution in [3.05, 3.63) is 12.7 Å². The maximum atomic E-state index is 13.8. The lowest BCUT2D eigenvalue weighted by Crippen LogP contribution is -2.61. The van der Waals surface area contributed by atoms with Crippen molar-refractivity contribution in [1.29, 1.82) is 0 Å². The summed E-state index contributed by atoms with van der Waals surface area (Å²) in [5.41, 5.74) is -0.102. The Bertz CT molecular complexity index is 633. The fourth-order valence-electron chi connectivity index (χ4n) is 6.91. The highest BCUT2D eigenvalue weighted by molar-refractivity contribution is 5.83. The molecule has 2 atom stereocenters. The zero-order valence-corrected chi connectivity index (χ0v) is 15.7. The molecule has 26 heavy (non-hydrogen) atoms. The third-order valence-electron chi connectivity index (χ3n) is 7.49. The Labute approximate surface area is 155 Å². The van der Waals surface area contributed by atoms with Gasteiger partial charge >= 0.3 is 0 Å². The van der Waals surface area contributed by atoms with Gasteiger partial charge in [0.15, 0.2) is 0 Å². The van der Waals surface area contributed by atoms with E-state index >= 15 is 0 Å². The highest BCUT2D eigenvalue weighted by Gasteiger charge is 2.62. The molecule has 1 aromatic heterocycles. The van der Waals surface area contributed by atoms with Gasteiger partial charge in [-0.25, -0.2) is 9.67 Å². The predicted molar refractivity (Wildman–Crippen MR) is 98.4 cm³/mol. The van der Waals surface area contributed by atoms with Crippen LogP contribution in [0.15, 0.2) is 12.7 Å². The summed E-state index contributed by atoms with van der Waals surface area (Å²) < 4.78 is 2.11. The SMILES string of the molecule is O=C(N1CCCCNCCC1)C12CC3CC(C1)CC(n1cncn1)(C3)C2. The second-order valence-electron chi connectivity index (χ2n) is 9.41. The molecule has 6 nitrogen and oxygen atoms in total. The fourth-order valence-corrected chi connectivity index (χ4v) is 6.91. The number of hydrogen-bond acceptors (Lipinski definition) is 4. The normalized spacial score (nSPS) is 40.1. The zero-order chi connectivity index (χ0) is 17.6. The van der Waals surface area contributed by atoms with Gasteiger partial charge in [0.1, 0.15) is 12.7 Å². The van der Waals surface area contributed by atoms with E-state index in [0.29, 0.717) is 17.7 Å². The van der Waals surface area contributed by atoms with Crippen LogP contribution in [0.1, 0.15) is 57.8 Å². The van der Waals surface area contributed by atoms with Crippen molar-refractivity contribution in [3.63, 3.8) is 0 Å². The summed E-state index contributed by atoms with van der Waals surface area (Å²) >= 11 is 0. The van der Waals surface area contributed by atoms with E-state index in [4.69, 9.17) is 0 Å². The van der Waals surface area contributed by atoms with Crippen LogP contribution in [0.5, 0.6) is 0 Å². The summed E-state index contributed by atoms with van der Waals surface area (Å²) in [6.07, 6.45) is 13.8. The number of aromatic nitrogens is 3. The molecule has 142 valence electrons. The molecule has 0 aromatic carbocycles. The number of nitrogens with one attached hydrogen (secondary N) is 1. The lowest BCUT2D eigenvalue weighted by Gasteiger charge is -2.61. The molecule has 6 rings (SSSR count). The van der Waals surface area contributed by atoms with Gasteiger partial charge in [-0.1, -0.05) is 0 Å². The van der Waals surface area contributed by atoms with Crippen LogP contribution in [0.2, 0.25) is 0 Å². The number of rotatable bonds is 2. The van der Waals surface area contributed by atoms with E-state index in [0.717, 1.165) is 58.3 Å². The van der Waals surface area contributed by atoms with Crippen LogP contribution in [0.3, 0.4) is 0 Å². The largest absolute Gasteiger partial charge is 0.342 e. The summed E-state index contributed by atoms with van der Waals surface area (Å²) in [4.78, 5) is 20.2. The summed E-state index contributed by atoms with van der Waals surface area (Å²) in [5.74, 6) is 1.82. The summed E-state index contributed by atoms with van der Waals surface area (Å²) in [6.45, 7) is 3.98. The van der Waals surface area contributed by atoms with E-state index in [2.05, 4.69) is 25.0 Å². The molecule has 1 aromatic rings. The molecule has 0 spiro atoms. The van der Waals surface area contributed by atoms with Crippen molar-refractivity contribution in [2.24, 2.45) is 17.3 Å². The van der Waals surface area contributed by atoms with Crippen molar-refractivity contribution < 1.29 is 4.79 Å². The lowest BCUT2D eigenvalue weighted by atomic mass is 9.46. The van der Waals surface area contributed by atoms with Crippen molar-refractivity contribution in [2.45, 2.75) is 63.3 Å². The molecule has 4 bridgehead atoms. The maximum Gasteiger partial charge on any atom is 0.228 e. The highest BCUT2D eigenvalue weighted by atomic mass is 16.2. The van der Waals surface area contributed by atoms with Gasteiger partial charge in [-0.05, 0) is 82.7 Å². The standard InChI is InChI=1S/C20H31N5O/c26-18(24-6-2-1-4-21-5-3-7-24)19-9-16-8-17(10-19)12-20(11-16,13-19)25-15-22-14-23-25/h14-17,21H,1-13H2. The van der Waals surface area contributed by atoms with Gasteiger partial charge in [0.2, 0.25) is 5.91 Å². The van der Waals surface area contributed by atoms with Crippen molar-refractivity contribution in [3.8, 4) is 0 Å². The van der Waals surface area contributed by atoms with Crippen LogP contribution in [-0.4, -0.2) is 51.8 Å². The molecule has 2 unspecified atom stereocenters. The minimum Gasteiger partial charge on any atom is -0.342 e. The fraction of sp³-hybridized carbons (Fsp3) is 0.850. The van der Waals surface area contributed by atoms with Crippen molar-refractivity contribution >= 4 is 5.91 Å². The number of carbonyl (C=O) groups excluding carboxylic acids is 1. The Morgan fingerprint density at radius 3 is 2.58 bits per heavy atom. The Hall–Kier alpha value is -1.43. The van der Waals surface area contributed by atoms with E-state index in [9.17, 15) is 4.79 Å². The van der Waals surface area contributed by atoms with Crippen LogP contribution < -0.4 is 5.32 Å². The van der Waals surface area contributed by atoms with E-state index in [-0.39, 0.29) is 11.0 Å². The van der Waals surface area contributed by atoms with E-state index in [1.54, 1.807) is 6.33 Å². The molecule has 1 aliphatic heterocycles. The Kier molecular flexibility index (Phi) is 4.07. The molecule has 5 aliphatic rings. The lowest BCUT2D eigenvalue weighted by molar-refractivity contribution is -0.166. The quantitative estimate of drug-likeness (QED) is 0.881. The first kappa shape index (κ1) is 16.7. The summed E-state index contributed by atoms with van der Waals surface area (Å²) in [6, 6.07) is 0. The van der Waals surface area contributed by atoms with E-state index < -0.39 is 0 Å². The van der Waals surface area contributed by atoms with Crippen LogP contribution in [0.4, 0.5) is 0 Å². The molecule has 1 saturated heterocycles. The Balaban J connectivity index is 1.43. The zero-order valence-electron chi connectivity index (χ0n) is 15.7. The van der Waals surface area contributed by atoms with Gasteiger partial charge in [0, 0.05) is 13.1 Å². The first-order chi connectivity index (χ1) is 12.7. The highest BCUT2D eigenvalue weighted by Crippen LogP contribution is 2.64. The Morgan fingerprint density at radius 1 is 1.04 bits per heavy atom. The van der Waals surface area contributed by atoms with Crippen molar-refractivity contribution in [1.82, 2.24) is 25.0 Å². The number of nitrogens with zero attached hydrogens (tertiary/aromatic N) is 4. The van der Waals surface area contributed by atoms with Crippen LogP contribution in [-0.2, 0) is 10.3 Å². The number of amides is 1. The molecule has 5 fully saturated rings. The van der Waals surface area contributed by atoms with E-state index in [1.165, 1.54) is 25.7 Å². The molecule has 1 N–H and O–H groups in total. The molecule has 4 aliphatic carbocycles. The third kappa shape index (κ3) is 2.68. The van der Waals surface area contributed by atoms with Gasteiger partial charge in [-0.3, -0.25) is 4.79 Å². The molecular formula is C20H31N5O. The van der Waals surface area contributed by atoms with E-state index in [1.807, 2.05) is 6.33 Å². The summed E-state index contributed by atoms with van der Waals surface area (Å²) in [5, 5.41) is 8.01. The molecular weight excluding hydrogens is 326 g/mol.